The van der Waals surface area contributed by atoms with E-state index in [1.54, 1.807) is 0 Å². The Kier molecular flexibility index (Phi) is 5.34. The molecule has 1 saturated heterocycles. The number of anilines is 1. The summed E-state index contributed by atoms with van der Waals surface area (Å²) in [5.41, 5.74) is 2.20. The van der Waals surface area contributed by atoms with Crippen LogP contribution in [0.15, 0.2) is 40.9 Å². The molecule has 2 aromatic heterocycles. The van der Waals surface area contributed by atoms with E-state index < -0.39 is 0 Å². The lowest BCUT2D eigenvalue weighted by Crippen LogP contribution is -2.47. The number of aromatic nitrogens is 4. The number of aryl methyl sites for hydroxylation is 2. The highest BCUT2D eigenvalue weighted by Crippen LogP contribution is 2.23. The minimum absolute atomic E-state index is 0.105. The molecule has 28 heavy (non-hydrogen) atoms. The fourth-order valence-corrected chi connectivity index (χ4v) is 3.64. The van der Waals surface area contributed by atoms with Gasteiger partial charge in [-0.15, -0.1) is 0 Å². The van der Waals surface area contributed by atoms with Crippen molar-refractivity contribution in [3.8, 4) is 0 Å². The van der Waals surface area contributed by atoms with Gasteiger partial charge in [0.2, 0.25) is 5.89 Å². The molecular weight excluding hydrogens is 352 g/mol. The molecule has 0 saturated carbocycles. The standard InChI is InChI=1S/C21H26N6O/c1-15-13-20(23-17(3)22-15)27-11-9-26(10-12-27)16(2)21-24-19(25-28-21)14-18-7-5-4-6-8-18/h4-8,13,16H,9-12,14H2,1-3H3/t16-/m0/s1. The summed E-state index contributed by atoms with van der Waals surface area (Å²) in [5.74, 6) is 3.26. The van der Waals surface area contributed by atoms with E-state index in [2.05, 4.69) is 55.0 Å². The molecule has 0 unspecified atom stereocenters. The maximum Gasteiger partial charge on any atom is 0.243 e. The van der Waals surface area contributed by atoms with Crippen LogP contribution in [0.3, 0.4) is 0 Å². The van der Waals surface area contributed by atoms with Gasteiger partial charge in [0, 0.05) is 44.4 Å². The van der Waals surface area contributed by atoms with Crippen molar-refractivity contribution in [1.82, 2.24) is 25.0 Å². The molecule has 1 fully saturated rings. The van der Waals surface area contributed by atoms with Crippen LogP contribution < -0.4 is 4.90 Å². The molecule has 0 bridgehead atoms. The fourth-order valence-electron chi connectivity index (χ4n) is 3.64. The molecule has 3 heterocycles. The normalized spacial score (nSPS) is 16.3. The van der Waals surface area contributed by atoms with Gasteiger partial charge in [-0.25, -0.2) is 9.97 Å². The molecule has 1 atom stereocenters. The highest BCUT2D eigenvalue weighted by atomic mass is 16.5. The van der Waals surface area contributed by atoms with Crippen molar-refractivity contribution < 1.29 is 4.52 Å². The second-order valence-corrected chi connectivity index (χ2v) is 7.32. The average Bonchev–Trinajstić information content (AvgIpc) is 3.16. The second-order valence-electron chi connectivity index (χ2n) is 7.32. The molecule has 0 radical (unpaired) electrons. The second kappa shape index (κ2) is 8.06. The number of hydrogen-bond donors (Lipinski definition) is 0. The Labute approximate surface area is 165 Å². The number of rotatable bonds is 5. The van der Waals surface area contributed by atoms with Crippen LogP contribution in [0.1, 0.15) is 41.8 Å². The van der Waals surface area contributed by atoms with Gasteiger partial charge in [0.15, 0.2) is 5.82 Å². The van der Waals surface area contributed by atoms with Gasteiger partial charge < -0.3 is 9.42 Å². The average molecular weight is 378 g/mol. The minimum atomic E-state index is 0.105. The van der Waals surface area contributed by atoms with Gasteiger partial charge >= 0.3 is 0 Å². The quantitative estimate of drug-likeness (QED) is 0.676. The van der Waals surface area contributed by atoms with E-state index in [9.17, 15) is 0 Å². The zero-order chi connectivity index (χ0) is 19.5. The summed E-state index contributed by atoms with van der Waals surface area (Å²) in [6.45, 7) is 9.79. The Hall–Kier alpha value is -2.80. The number of nitrogens with zero attached hydrogens (tertiary/aromatic N) is 6. The Morgan fingerprint density at radius 1 is 1.00 bits per heavy atom. The summed E-state index contributed by atoms with van der Waals surface area (Å²) < 4.78 is 5.56. The van der Waals surface area contributed by atoms with Gasteiger partial charge in [0.25, 0.3) is 0 Å². The van der Waals surface area contributed by atoms with Crippen LogP contribution in [-0.4, -0.2) is 51.2 Å². The van der Waals surface area contributed by atoms with E-state index in [0.717, 1.165) is 49.3 Å². The summed E-state index contributed by atoms with van der Waals surface area (Å²) in [6.07, 6.45) is 0.692. The predicted octanol–water partition coefficient (Wildman–Crippen LogP) is 2.95. The SMILES string of the molecule is Cc1cc(N2CCN([C@@H](C)c3nc(Cc4ccccc4)no3)CC2)nc(C)n1. The zero-order valence-corrected chi connectivity index (χ0v) is 16.7. The number of benzene rings is 1. The van der Waals surface area contributed by atoms with Crippen molar-refractivity contribution in [1.29, 1.82) is 0 Å². The van der Waals surface area contributed by atoms with Crippen LogP contribution in [0.4, 0.5) is 5.82 Å². The lowest BCUT2D eigenvalue weighted by Gasteiger charge is -2.37. The lowest BCUT2D eigenvalue weighted by atomic mass is 10.1. The van der Waals surface area contributed by atoms with Crippen molar-refractivity contribution in [2.45, 2.75) is 33.2 Å². The third-order valence-corrected chi connectivity index (χ3v) is 5.18. The van der Waals surface area contributed by atoms with Crippen LogP contribution in [0, 0.1) is 13.8 Å². The summed E-state index contributed by atoms with van der Waals surface area (Å²) >= 11 is 0. The summed E-state index contributed by atoms with van der Waals surface area (Å²) in [7, 11) is 0. The lowest BCUT2D eigenvalue weighted by molar-refractivity contribution is 0.164. The van der Waals surface area contributed by atoms with Gasteiger partial charge in [-0.3, -0.25) is 4.90 Å². The van der Waals surface area contributed by atoms with E-state index >= 15 is 0 Å². The third-order valence-electron chi connectivity index (χ3n) is 5.18. The highest BCUT2D eigenvalue weighted by Gasteiger charge is 2.26. The summed E-state index contributed by atoms with van der Waals surface area (Å²) in [6, 6.07) is 12.4. The molecule has 0 amide bonds. The maximum absolute atomic E-state index is 5.56. The molecule has 0 N–H and O–H groups in total. The van der Waals surface area contributed by atoms with Crippen LogP contribution in [0.25, 0.3) is 0 Å². The molecule has 7 nitrogen and oxygen atoms in total. The molecule has 1 aromatic carbocycles. The molecule has 0 aliphatic carbocycles. The molecule has 1 aliphatic heterocycles. The molecule has 4 rings (SSSR count). The van der Waals surface area contributed by atoms with Gasteiger partial charge in [-0.05, 0) is 26.3 Å². The first kappa shape index (κ1) is 18.6. The van der Waals surface area contributed by atoms with Gasteiger partial charge in [0.05, 0.1) is 6.04 Å². The predicted molar refractivity (Wildman–Crippen MR) is 107 cm³/mol. The van der Waals surface area contributed by atoms with E-state index in [1.165, 1.54) is 5.56 Å². The van der Waals surface area contributed by atoms with E-state index in [0.29, 0.717) is 12.3 Å². The molecule has 0 spiro atoms. The Bertz CT molecular complexity index is 897. The topological polar surface area (TPSA) is 71.2 Å². The van der Waals surface area contributed by atoms with Gasteiger partial charge in [-0.1, -0.05) is 35.5 Å². The smallest absolute Gasteiger partial charge is 0.243 e. The zero-order valence-electron chi connectivity index (χ0n) is 16.7. The molecular formula is C21H26N6O. The molecule has 7 heteroatoms. The summed E-state index contributed by atoms with van der Waals surface area (Å²) in [5, 5.41) is 4.17. The van der Waals surface area contributed by atoms with Crippen molar-refractivity contribution in [3.63, 3.8) is 0 Å². The number of hydrogen-bond acceptors (Lipinski definition) is 7. The van der Waals surface area contributed by atoms with Crippen LogP contribution in [0.5, 0.6) is 0 Å². The summed E-state index contributed by atoms with van der Waals surface area (Å²) in [4.78, 5) is 18.3. The monoisotopic (exact) mass is 378 g/mol. The maximum atomic E-state index is 5.56. The van der Waals surface area contributed by atoms with E-state index in [-0.39, 0.29) is 6.04 Å². The molecule has 1 aliphatic rings. The van der Waals surface area contributed by atoms with Crippen LogP contribution >= 0.6 is 0 Å². The first-order valence-electron chi connectivity index (χ1n) is 9.76. The van der Waals surface area contributed by atoms with Gasteiger partial charge in [-0.2, -0.15) is 4.98 Å². The highest BCUT2D eigenvalue weighted by molar-refractivity contribution is 5.40. The van der Waals surface area contributed by atoms with E-state index in [4.69, 9.17) is 4.52 Å². The van der Waals surface area contributed by atoms with E-state index in [1.807, 2.05) is 32.0 Å². The van der Waals surface area contributed by atoms with Crippen molar-refractivity contribution in [3.05, 3.63) is 65.2 Å². The largest absolute Gasteiger partial charge is 0.354 e. The first-order valence-corrected chi connectivity index (χ1v) is 9.76. The van der Waals surface area contributed by atoms with Gasteiger partial charge in [0.1, 0.15) is 11.6 Å². The Balaban J connectivity index is 1.37. The fraction of sp³-hybridized carbons (Fsp3) is 0.429. The minimum Gasteiger partial charge on any atom is -0.354 e. The number of piperazine rings is 1. The Morgan fingerprint density at radius 2 is 1.75 bits per heavy atom. The van der Waals surface area contributed by atoms with Crippen molar-refractivity contribution >= 4 is 5.82 Å². The van der Waals surface area contributed by atoms with Crippen molar-refractivity contribution in [2.24, 2.45) is 0 Å². The molecule has 146 valence electrons. The third kappa shape index (κ3) is 4.20. The van der Waals surface area contributed by atoms with Crippen molar-refractivity contribution in [2.75, 3.05) is 31.1 Å². The van der Waals surface area contributed by atoms with Crippen LogP contribution in [0.2, 0.25) is 0 Å². The van der Waals surface area contributed by atoms with Crippen LogP contribution in [-0.2, 0) is 6.42 Å². The Morgan fingerprint density at radius 3 is 2.46 bits per heavy atom. The molecule has 3 aromatic rings. The first-order chi connectivity index (χ1) is 13.6.